The second kappa shape index (κ2) is 4.08. The van der Waals surface area contributed by atoms with E-state index in [2.05, 4.69) is 60.2 Å². The largest absolute Gasteiger partial charge is 0.233 e. The van der Waals surface area contributed by atoms with Crippen molar-refractivity contribution < 1.29 is 0 Å². The Morgan fingerprint density at radius 3 is 2.80 bits per heavy atom. The highest BCUT2D eigenvalue weighted by Gasteiger charge is 2.37. The summed E-state index contributed by atoms with van der Waals surface area (Å²) in [5.41, 5.74) is 7.17. The van der Waals surface area contributed by atoms with Crippen molar-refractivity contribution in [1.29, 1.82) is 0 Å². The molecule has 2 aliphatic rings. The van der Waals surface area contributed by atoms with Crippen LogP contribution in [-0.2, 0) is 6.42 Å². The number of aryl methyl sites for hydroxylation is 1. The van der Waals surface area contributed by atoms with Gasteiger partial charge in [-0.25, -0.2) is 4.68 Å². The Labute approximate surface area is 120 Å². The minimum Gasteiger partial charge on any atom is -0.233 e. The van der Waals surface area contributed by atoms with Crippen molar-refractivity contribution in [2.45, 2.75) is 39.5 Å². The van der Waals surface area contributed by atoms with Crippen LogP contribution in [0.4, 0.5) is 0 Å². The van der Waals surface area contributed by atoms with Gasteiger partial charge in [0.05, 0.1) is 17.6 Å². The standard InChI is InChI=1S/C18H20N2/c1-13-5-7-16(8-6-13)20-17-10-15-4-3-9-18(15,2)11-14(17)12-19-20/h5-8,10,12H,3-4,9,11H2,1-2H3/t18-/m0/s1. The van der Waals surface area contributed by atoms with Crippen molar-refractivity contribution in [1.82, 2.24) is 9.78 Å². The molecule has 1 aromatic heterocycles. The fourth-order valence-electron chi connectivity index (χ4n) is 3.74. The molecule has 0 N–H and O–H groups in total. The van der Waals surface area contributed by atoms with Gasteiger partial charge in [-0.2, -0.15) is 5.10 Å². The maximum Gasteiger partial charge on any atom is 0.0700 e. The zero-order valence-electron chi connectivity index (χ0n) is 12.2. The number of allylic oxidation sites excluding steroid dienone is 1. The van der Waals surface area contributed by atoms with Gasteiger partial charge < -0.3 is 0 Å². The van der Waals surface area contributed by atoms with E-state index in [4.69, 9.17) is 0 Å². The molecule has 0 spiro atoms. The van der Waals surface area contributed by atoms with Gasteiger partial charge in [-0.05, 0) is 61.8 Å². The Bertz CT molecular complexity index is 691. The quantitative estimate of drug-likeness (QED) is 0.750. The van der Waals surface area contributed by atoms with Crippen LogP contribution >= 0.6 is 0 Å². The van der Waals surface area contributed by atoms with Crippen LogP contribution in [0.25, 0.3) is 11.8 Å². The minimum absolute atomic E-state index is 0.397. The van der Waals surface area contributed by atoms with Gasteiger partial charge in [0, 0.05) is 0 Å². The Morgan fingerprint density at radius 2 is 2.00 bits per heavy atom. The summed E-state index contributed by atoms with van der Waals surface area (Å²) in [6, 6.07) is 8.62. The molecule has 1 atom stereocenters. The second-order valence-corrected chi connectivity index (χ2v) is 6.56. The van der Waals surface area contributed by atoms with E-state index >= 15 is 0 Å². The molecular formula is C18H20N2. The van der Waals surface area contributed by atoms with Crippen LogP contribution in [0.1, 0.15) is 43.0 Å². The number of hydrogen-bond acceptors (Lipinski definition) is 1. The molecule has 2 aromatic rings. The molecule has 2 nitrogen and oxygen atoms in total. The van der Waals surface area contributed by atoms with Gasteiger partial charge >= 0.3 is 0 Å². The summed E-state index contributed by atoms with van der Waals surface area (Å²) in [5, 5.41) is 4.63. The first-order chi connectivity index (χ1) is 9.66. The molecule has 0 amide bonds. The molecule has 102 valence electrons. The highest BCUT2D eigenvalue weighted by molar-refractivity contribution is 5.61. The van der Waals surface area contributed by atoms with Crippen molar-refractivity contribution in [2.24, 2.45) is 5.41 Å². The predicted molar refractivity (Wildman–Crippen MR) is 81.9 cm³/mol. The lowest BCUT2D eigenvalue weighted by atomic mass is 9.75. The maximum absolute atomic E-state index is 4.63. The molecule has 2 heteroatoms. The topological polar surface area (TPSA) is 17.8 Å². The molecule has 0 saturated heterocycles. The number of benzene rings is 1. The summed E-state index contributed by atoms with van der Waals surface area (Å²) in [7, 11) is 0. The molecule has 0 radical (unpaired) electrons. The summed E-state index contributed by atoms with van der Waals surface area (Å²) in [6.45, 7) is 4.53. The van der Waals surface area contributed by atoms with Gasteiger partial charge in [-0.3, -0.25) is 0 Å². The molecular weight excluding hydrogens is 244 g/mol. The summed E-state index contributed by atoms with van der Waals surface area (Å²) >= 11 is 0. The number of aromatic nitrogens is 2. The third-order valence-corrected chi connectivity index (χ3v) is 5.01. The van der Waals surface area contributed by atoms with Crippen LogP contribution in [0, 0.1) is 12.3 Å². The second-order valence-electron chi connectivity index (χ2n) is 6.56. The van der Waals surface area contributed by atoms with Gasteiger partial charge in [-0.15, -0.1) is 0 Å². The number of hydrogen-bond donors (Lipinski definition) is 0. The van der Waals surface area contributed by atoms with E-state index in [-0.39, 0.29) is 0 Å². The van der Waals surface area contributed by atoms with E-state index < -0.39 is 0 Å². The average molecular weight is 264 g/mol. The molecule has 1 aromatic carbocycles. The fraction of sp³-hybridized carbons (Fsp3) is 0.389. The van der Waals surface area contributed by atoms with E-state index in [1.165, 1.54) is 36.1 Å². The molecule has 1 saturated carbocycles. The molecule has 2 aliphatic carbocycles. The average Bonchev–Trinajstić information content (AvgIpc) is 2.99. The lowest BCUT2D eigenvalue weighted by molar-refractivity contribution is 0.405. The Kier molecular flexibility index (Phi) is 2.44. The first-order valence-electron chi connectivity index (χ1n) is 7.51. The Hall–Kier alpha value is -1.83. The summed E-state index contributed by atoms with van der Waals surface area (Å²) in [5.74, 6) is 0. The van der Waals surface area contributed by atoms with Crippen molar-refractivity contribution in [2.75, 3.05) is 0 Å². The highest BCUT2D eigenvalue weighted by atomic mass is 15.3. The maximum atomic E-state index is 4.63. The number of rotatable bonds is 1. The number of nitrogens with zero attached hydrogens (tertiary/aromatic N) is 2. The van der Waals surface area contributed by atoms with E-state index in [9.17, 15) is 0 Å². The van der Waals surface area contributed by atoms with Crippen LogP contribution < -0.4 is 0 Å². The van der Waals surface area contributed by atoms with Gasteiger partial charge in [-0.1, -0.05) is 30.2 Å². The Morgan fingerprint density at radius 1 is 1.20 bits per heavy atom. The van der Waals surface area contributed by atoms with E-state index in [0.29, 0.717) is 5.41 Å². The third-order valence-electron chi connectivity index (χ3n) is 5.01. The Balaban J connectivity index is 1.83. The molecule has 1 heterocycles. The van der Waals surface area contributed by atoms with Crippen LogP contribution in [0.3, 0.4) is 0 Å². The monoisotopic (exact) mass is 264 g/mol. The summed E-state index contributed by atoms with van der Waals surface area (Å²) < 4.78 is 2.10. The van der Waals surface area contributed by atoms with E-state index in [1.54, 1.807) is 5.57 Å². The predicted octanol–water partition coefficient (Wildman–Crippen LogP) is 4.31. The SMILES string of the molecule is Cc1ccc(-n2ncc3c2C=C2CCC[C@@]2(C)C3)cc1. The lowest BCUT2D eigenvalue weighted by Crippen LogP contribution is -2.21. The molecule has 4 rings (SSSR count). The van der Waals surface area contributed by atoms with E-state index in [0.717, 1.165) is 12.1 Å². The van der Waals surface area contributed by atoms with E-state index in [1.807, 2.05) is 0 Å². The molecule has 1 fully saturated rings. The lowest BCUT2D eigenvalue weighted by Gasteiger charge is -2.29. The van der Waals surface area contributed by atoms with Crippen molar-refractivity contribution in [3.05, 3.63) is 52.9 Å². The van der Waals surface area contributed by atoms with Gasteiger partial charge in [0.1, 0.15) is 0 Å². The first kappa shape index (κ1) is 12.0. The van der Waals surface area contributed by atoms with Gasteiger partial charge in [0.2, 0.25) is 0 Å². The van der Waals surface area contributed by atoms with Gasteiger partial charge in [0.15, 0.2) is 0 Å². The zero-order valence-corrected chi connectivity index (χ0v) is 12.2. The van der Waals surface area contributed by atoms with Crippen LogP contribution in [0.15, 0.2) is 36.0 Å². The molecule has 0 unspecified atom stereocenters. The van der Waals surface area contributed by atoms with Crippen LogP contribution in [-0.4, -0.2) is 9.78 Å². The smallest absolute Gasteiger partial charge is 0.0700 e. The molecule has 20 heavy (non-hydrogen) atoms. The van der Waals surface area contributed by atoms with Crippen molar-refractivity contribution >= 4 is 6.08 Å². The van der Waals surface area contributed by atoms with Crippen LogP contribution in [0.5, 0.6) is 0 Å². The van der Waals surface area contributed by atoms with Crippen LogP contribution in [0.2, 0.25) is 0 Å². The normalized spacial score (nSPS) is 24.2. The highest BCUT2D eigenvalue weighted by Crippen LogP contribution is 2.49. The zero-order chi connectivity index (χ0) is 13.7. The fourth-order valence-corrected chi connectivity index (χ4v) is 3.74. The third kappa shape index (κ3) is 1.67. The molecule has 0 aliphatic heterocycles. The molecule has 0 bridgehead atoms. The van der Waals surface area contributed by atoms with Gasteiger partial charge in [0.25, 0.3) is 0 Å². The number of fused-ring (bicyclic) bond motifs is 2. The van der Waals surface area contributed by atoms with Crippen molar-refractivity contribution in [3.63, 3.8) is 0 Å². The summed E-state index contributed by atoms with van der Waals surface area (Å²) in [4.78, 5) is 0. The van der Waals surface area contributed by atoms with Crippen molar-refractivity contribution in [3.8, 4) is 5.69 Å². The summed E-state index contributed by atoms with van der Waals surface area (Å²) in [6.07, 6.45) is 9.54. The first-order valence-corrected chi connectivity index (χ1v) is 7.51. The minimum atomic E-state index is 0.397.